The van der Waals surface area contributed by atoms with E-state index in [0.29, 0.717) is 29.8 Å². The zero-order valence-electron chi connectivity index (χ0n) is 15.4. The first-order valence-electron chi connectivity index (χ1n) is 9.15. The summed E-state index contributed by atoms with van der Waals surface area (Å²) in [4.78, 5) is 24.0. The van der Waals surface area contributed by atoms with Gasteiger partial charge in [0.05, 0.1) is 12.2 Å². The van der Waals surface area contributed by atoms with Gasteiger partial charge in [-0.1, -0.05) is 33.6 Å². The van der Waals surface area contributed by atoms with Crippen molar-refractivity contribution in [2.75, 3.05) is 13.2 Å². The van der Waals surface area contributed by atoms with Crippen molar-refractivity contribution < 1.29 is 19.1 Å². The summed E-state index contributed by atoms with van der Waals surface area (Å²) in [5.74, 6) is 0.905. The second-order valence-corrected chi connectivity index (χ2v) is 7.24. The minimum absolute atomic E-state index is 0.192. The van der Waals surface area contributed by atoms with Crippen LogP contribution in [0.1, 0.15) is 56.8 Å². The predicted octanol–water partition coefficient (Wildman–Crippen LogP) is 3.57. The van der Waals surface area contributed by atoms with E-state index in [1.807, 2.05) is 0 Å². The third-order valence-corrected chi connectivity index (χ3v) is 4.47. The van der Waals surface area contributed by atoms with E-state index < -0.39 is 5.97 Å². The zero-order chi connectivity index (χ0) is 18.2. The van der Waals surface area contributed by atoms with E-state index in [2.05, 4.69) is 26.1 Å². The highest BCUT2D eigenvalue weighted by Crippen LogP contribution is 2.23. The molecule has 5 nitrogen and oxygen atoms in total. The maximum absolute atomic E-state index is 12.0. The first-order valence-corrected chi connectivity index (χ1v) is 9.15. The highest BCUT2D eigenvalue weighted by Gasteiger charge is 2.23. The largest absolute Gasteiger partial charge is 0.493 e. The van der Waals surface area contributed by atoms with Gasteiger partial charge in [0.1, 0.15) is 5.75 Å². The van der Waals surface area contributed by atoms with Crippen molar-refractivity contribution >= 4 is 11.9 Å². The number of rotatable bonds is 7. The Morgan fingerprint density at radius 1 is 1.16 bits per heavy atom. The van der Waals surface area contributed by atoms with Gasteiger partial charge in [-0.25, -0.2) is 4.79 Å². The average Bonchev–Trinajstić information content (AvgIpc) is 2.60. The minimum Gasteiger partial charge on any atom is -0.493 e. The number of benzene rings is 1. The van der Waals surface area contributed by atoms with Gasteiger partial charge in [0.2, 0.25) is 0 Å². The van der Waals surface area contributed by atoms with Crippen LogP contribution in [0, 0.1) is 11.8 Å². The fourth-order valence-electron chi connectivity index (χ4n) is 2.94. The van der Waals surface area contributed by atoms with E-state index >= 15 is 0 Å². The smallest absolute Gasteiger partial charge is 0.338 e. The molecular weight excluding hydrogens is 318 g/mol. The SMILES string of the molecule is CC(C)COc1ccc(C(=O)OCC(=O)N[C@@H]2CCCC[C@@H]2C)cc1. The quantitative estimate of drug-likeness (QED) is 0.766. The van der Waals surface area contributed by atoms with Gasteiger partial charge in [0.15, 0.2) is 6.61 Å². The molecule has 1 saturated carbocycles. The summed E-state index contributed by atoms with van der Waals surface area (Å²) in [7, 11) is 0. The van der Waals surface area contributed by atoms with Gasteiger partial charge in [-0.15, -0.1) is 0 Å². The van der Waals surface area contributed by atoms with Crippen LogP contribution in [-0.2, 0) is 9.53 Å². The average molecular weight is 347 g/mol. The molecule has 1 amide bonds. The number of hydrogen-bond donors (Lipinski definition) is 1. The van der Waals surface area contributed by atoms with E-state index in [1.54, 1.807) is 24.3 Å². The lowest BCUT2D eigenvalue weighted by Crippen LogP contribution is -2.42. The van der Waals surface area contributed by atoms with Gasteiger partial charge >= 0.3 is 5.97 Å². The molecule has 1 fully saturated rings. The van der Waals surface area contributed by atoms with Crippen LogP contribution in [0.4, 0.5) is 0 Å². The lowest BCUT2D eigenvalue weighted by molar-refractivity contribution is -0.125. The first-order chi connectivity index (χ1) is 12.0. The summed E-state index contributed by atoms with van der Waals surface area (Å²) >= 11 is 0. The second-order valence-electron chi connectivity index (χ2n) is 7.24. The number of carbonyl (C=O) groups excluding carboxylic acids is 2. The molecule has 25 heavy (non-hydrogen) atoms. The van der Waals surface area contributed by atoms with Crippen molar-refractivity contribution in [2.24, 2.45) is 11.8 Å². The van der Waals surface area contributed by atoms with Gasteiger partial charge in [0.25, 0.3) is 5.91 Å². The van der Waals surface area contributed by atoms with Crippen LogP contribution in [0.15, 0.2) is 24.3 Å². The van der Waals surface area contributed by atoms with Crippen LogP contribution in [0.2, 0.25) is 0 Å². The van der Waals surface area contributed by atoms with E-state index in [9.17, 15) is 9.59 Å². The van der Waals surface area contributed by atoms with Crippen molar-refractivity contribution in [1.82, 2.24) is 5.32 Å². The topological polar surface area (TPSA) is 64.6 Å². The fraction of sp³-hybridized carbons (Fsp3) is 0.600. The molecule has 1 N–H and O–H groups in total. The fourth-order valence-corrected chi connectivity index (χ4v) is 2.94. The van der Waals surface area contributed by atoms with Gasteiger partial charge in [0, 0.05) is 6.04 Å². The molecule has 0 bridgehead atoms. The Kier molecular flexibility index (Phi) is 7.29. The molecule has 1 aliphatic rings. The summed E-state index contributed by atoms with van der Waals surface area (Å²) in [6, 6.07) is 6.97. The van der Waals surface area contributed by atoms with E-state index in [4.69, 9.17) is 9.47 Å². The summed E-state index contributed by atoms with van der Waals surface area (Å²) < 4.78 is 10.7. The molecule has 5 heteroatoms. The summed E-state index contributed by atoms with van der Waals surface area (Å²) in [5, 5.41) is 2.98. The molecule has 0 radical (unpaired) electrons. The van der Waals surface area contributed by atoms with Crippen molar-refractivity contribution in [3.05, 3.63) is 29.8 Å². The molecule has 1 aromatic carbocycles. The van der Waals surface area contributed by atoms with Crippen molar-refractivity contribution in [2.45, 2.75) is 52.5 Å². The maximum atomic E-state index is 12.0. The Morgan fingerprint density at radius 3 is 2.48 bits per heavy atom. The number of esters is 1. The van der Waals surface area contributed by atoms with Crippen LogP contribution in [0.25, 0.3) is 0 Å². The van der Waals surface area contributed by atoms with Gasteiger partial charge in [-0.2, -0.15) is 0 Å². The zero-order valence-corrected chi connectivity index (χ0v) is 15.4. The maximum Gasteiger partial charge on any atom is 0.338 e. The Bertz CT molecular complexity index is 568. The summed E-state index contributed by atoms with van der Waals surface area (Å²) in [6.07, 6.45) is 4.49. The van der Waals surface area contributed by atoms with Gasteiger partial charge in [-0.05, 0) is 48.9 Å². The molecule has 0 aliphatic heterocycles. The van der Waals surface area contributed by atoms with Crippen LogP contribution in [0.3, 0.4) is 0 Å². The molecule has 2 atom stereocenters. The van der Waals surface area contributed by atoms with Crippen LogP contribution < -0.4 is 10.1 Å². The molecular formula is C20H29NO4. The molecule has 0 aromatic heterocycles. The number of hydrogen-bond acceptors (Lipinski definition) is 4. The number of ether oxygens (including phenoxy) is 2. The standard InChI is InChI=1S/C20H29NO4/c1-14(2)12-24-17-10-8-16(9-11-17)20(23)25-13-19(22)21-18-7-5-4-6-15(18)3/h8-11,14-15,18H,4-7,12-13H2,1-3H3,(H,21,22)/t15-,18+/m0/s1. The molecule has 0 saturated heterocycles. The normalized spacial score (nSPS) is 20.2. The minimum atomic E-state index is -0.498. The van der Waals surface area contributed by atoms with Crippen LogP contribution in [0.5, 0.6) is 5.75 Å². The predicted molar refractivity (Wildman–Crippen MR) is 96.6 cm³/mol. The molecule has 1 aliphatic carbocycles. The second kappa shape index (κ2) is 9.44. The van der Waals surface area contributed by atoms with Crippen LogP contribution >= 0.6 is 0 Å². The number of amides is 1. The summed E-state index contributed by atoms with van der Waals surface area (Å²) in [5.41, 5.74) is 0.413. The van der Waals surface area contributed by atoms with Crippen LogP contribution in [-0.4, -0.2) is 31.1 Å². The van der Waals surface area contributed by atoms with Crippen molar-refractivity contribution in [1.29, 1.82) is 0 Å². The Morgan fingerprint density at radius 2 is 1.84 bits per heavy atom. The summed E-state index contributed by atoms with van der Waals surface area (Å²) in [6.45, 7) is 6.69. The number of carbonyl (C=O) groups is 2. The molecule has 0 spiro atoms. The van der Waals surface area contributed by atoms with E-state index in [-0.39, 0.29) is 18.6 Å². The molecule has 0 unspecified atom stereocenters. The number of nitrogens with one attached hydrogen (secondary N) is 1. The molecule has 138 valence electrons. The highest BCUT2D eigenvalue weighted by atomic mass is 16.5. The van der Waals surface area contributed by atoms with E-state index in [1.165, 1.54) is 6.42 Å². The Labute approximate surface area is 150 Å². The lowest BCUT2D eigenvalue weighted by Gasteiger charge is -2.29. The van der Waals surface area contributed by atoms with Gasteiger partial charge < -0.3 is 14.8 Å². The molecule has 1 aromatic rings. The molecule has 0 heterocycles. The van der Waals surface area contributed by atoms with Crippen molar-refractivity contribution in [3.63, 3.8) is 0 Å². The Balaban J connectivity index is 1.76. The lowest BCUT2D eigenvalue weighted by atomic mass is 9.86. The first kappa shape index (κ1) is 19.3. The monoisotopic (exact) mass is 347 g/mol. The van der Waals surface area contributed by atoms with E-state index in [0.717, 1.165) is 19.3 Å². The third kappa shape index (κ3) is 6.40. The van der Waals surface area contributed by atoms with Gasteiger partial charge in [-0.3, -0.25) is 4.79 Å². The highest BCUT2D eigenvalue weighted by molar-refractivity contribution is 5.91. The Hall–Kier alpha value is -2.04. The van der Waals surface area contributed by atoms with Crippen molar-refractivity contribution in [3.8, 4) is 5.75 Å². The third-order valence-electron chi connectivity index (χ3n) is 4.47. The molecule has 2 rings (SSSR count).